The van der Waals surface area contributed by atoms with E-state index in [1.54, 1.807) is 0 Å². The summed E-state index contributed by atoms with van der Waals surface area (Å²) in [5.74, 6) is 1.48. The molecule has 0 aliphatic carbocycles. The number of hydrogen-bond acceptors (Lipinski definition) is 6. The molecule has 1 atom stereocenters. The molecule has 0 bridgehead atoms. The largest absolute Gasteiger partial charge is 0.368 e. The minimum atomic E-state index is 0.0128. The Hall–Kier alpha value is -2.90. The Labute approximate surface area is 224 Å². The van der Waals surface area contributed by atoms with E-state index in [1.165, 1.54) is 5.56 Å². The van der Waals surface area contributed by atoms with E-state index < -0.39 is 0 Å². The lowest BCUT2D eigenvalue weighted by atomic mass is 9.87. The van der Waals surface area contributed by atoms with Crippen molar-refractivity contribution in [2.45, 2.75) is 45.6 Å². The molecule has 5 rings (SSSR count). The number of piperazine rings is 1. The molecule has 37 heavy (non-hydrogen) atoms. The third-order valence-corrected chi connectivity index (χ3v) is 7.69. The number of amides is 1. The highest BCUT2D eigenvalue weighted by Crippen LogP contribution is 2.26. The molecule has 1 aromatic heterocycles. The first kappa shape index (κ1) is 25.7. The van der Waals surface area contributed by atoms with Crippen molar-refractivity contribution in [2.24, 2.45) is 5.92 Å². The smallest absolute Gasteiger partial charge is 0.241 e. The van der Waals surface area contributed by atoms with Gasteiger partial charge in [0.2, 0.25) is 17.6 Å². The van der Waals surface area contributed by atoms with Crippen molar-refractivity contribution in [3.63, 3.8) is 0 Å². The maximum Gasteiger partial charge on any atom is 0.241 e. The lowest BCUT2D eigenvalue weighted by Gasteiger charge is -2.39. The number of benzene rings is 2. The van der Waals surface area contributed by atoms with Gasteiger partial charge < -0.3 is 14.3 Å². The van der Waals surface area contributed by atoms with Gasteiger partial charge in [-0.1, -0.05) is 67.9 Å². The molecule has 7 nitrogen and oxygen atoms in total. The lowest BCUT2D eigenvalue weighted by Crippen LogP contribution is -2.52. The summed E-state index contributed by atoms with van der Waals surface area (Å²) < 4.78 is 5.58. The van der Waals surface area contributed by atoms with Crippen LogP contribution in [0.5, 0.6) is 0 Å². The molecule has 3 aromatic rings. The first-order valence-electron chi connectivity index (χ1n) is 13.2. The van der Waals surface area contributed by atoms with Gasteiger partial charge in [-0.25, -0.2) is 0 Å². The van der Waals surface area contributed by atoms with Crippen molar-refractivity contribution < 1.29 is 9.32 Å². The maximum atomic E-state index is 13.3. The fraction of sp³-hybridized carbons (Fsp3) is 0.483. The average molecular weight is 522 g/mol. The molecule has 3 heterocycles. The molecular weight excluding hydrogens is 486 g/mol. The van der Waals surface area contributed by atoms with Crippen LogP contribution in [0, 0.1) is 5.92 Å². The summed E-state index contributed by atoms with van der Waals surface area (Å²) in [7, 11) is 0. The molecule has 0 spiro atoms. The number of anilines is 1. The number of rotatable bonds is 5. The van der Waals surface area contributed by atoms with Crippen molar-refractivity contribution in [3.05, 3.63) is 65.0 Å². The first-order valence-corrected chi connectivity index (χ1v) is 13.6. The van der Waals surface area contributed by atoms with Crippen molar-refractivity contribution in [3.8, 4) is 11.4 Å². The Morgan fingerprint density at radius 1 is 1.05 bits per heavy atom. The molecule has 1 amide bonds. The van der Waals surface area contributed by atoms with Gasteiger partial charge in [0.15, 0.2) is 0 Å². The molecule has 196 valence electrons. The summed E-state index contributed by atoms with van der Waals surface area (Å²) in [6.07, 6.45) is 1.92. The van der Waals surface area contributed by atoms with Gasteiger partial charge in [-0.3, -0.25) is 9.69 Å². The van der Waals surface area contributed by atoms with Gasteiger partial charge in [0, 0.05) is 49.0 Å². The van der Waals surface area contributed by atoms with E-state index >= 15 is 0 Å². The Morgan fingerprint density at radius 2 is 1.81 bits per heavy atom. The highest BCUT2D eigenvalue weighted by atomic mass is 35.5. The Balaban J connectivity index is 1.15. The zero-order chi connectivity index (χ0) is 26.0. The third-order valence-electron chi connectivity index (χ3n) is 7.46. The van der Waals surface area contributed by atoms with E-state index in [0.717, 1.165) is 68.4 Å². The van der Waals surface area contributed by atoms with Crippen molar-refractivity contribution in [2.75, 3.05) is 44.2 Å². The fourth-order valence-corrected chi connectivity index (χ4v) is 5.45. The molecular formula is C29H36ClN5O2. The van der Waals surface area contributed by atoms with Gasteiger partial charge in [-0.15, -0.1) is 0 Å². The number of hydrogen-bond donors (Lipinski definition) is 0. The number of carbonyl (C=O) groups excluding carboxylic acids is 1. The average Bonchev–Trinajstić information content (AvgIpc) is 3.36. The van der Waals surface area contributed by atoms with Gasteiger partial charge in [-0.2, -0.15) is 4.98 Å². The lowest BCUT2D eigenvalue weighted by molar-refractivity contribution is -0.137. The summed E-state index contributed by atoms with van der Waals surface area (Å²) in [5, 5.41) is 4.95. The topological polar surface area (TPSA) is 65.7 Å². The normalized spacial score (nSPS) is 19.3. The SMILES string of the molecule is CC(C)(C)c1ccc(-c2noc(CN3CCCC(C(=O)N4CCN(c5cccc(Cl)c5)CC4)C3)n2)cc1. The second-order valence-corrected chi connectivity index (χ2v) is 11.6. The van der Waals surface area contributed by atoms with Crippen LogP contribution in [0.4, 0.5) is 5.69 Å². The van der Waals surface area contributed by atoms with Crippen LogP contribution < -0.4 is 4.90 Å². The van der Waals surface area contributed by atoms with Gasteiger partial charge in [0.05, 0.1) is 12.5 Å². The quantitative estimate of drug-likeness (QED) is 0.457. The first-order chi connectivity index (χ1) is 17.8. The highest BCUT2D eigenvalue weighted by Gasteiger charge is 2.31. The molecule has 8 heteroatoms. The molecule has 0 saturated carbocycles. The van der Waals surface area contributed by atoms with Crippen LogP contribution in [0.15, 0.2) is 53.1 Å². The van der Waals surface area contributed by atoms with E-state index in [4.69, 9.17) is 16.1 Å². The molecule has 2 fully saturated rings. The van der Waals surface area contributed by atoms with E-state index in [9.17, 15) is 4.79 Å². The number of piperidine rings is 1. The standard InChI is InChI=1S/C29H36ClN5O2/c1-29(2,3)23-11-9-21(10-12-23)27-31-26(37-32-27)20-33-13-5-6-22(19-33)28(36)35-16-14-34(15-17-35)25-8-4-7-24(30)18-25/h4,7-12,18,22H,5-6,13-17,19-20H2,1-3H3. The van der Waals surface area contributed by atoms with Crippen LogP contribution in [-0.2, 0) is 16.8 Å². The fourth-order valence-electron chi connectivity index (χ4n) is 5.26. The molecule has 2 aliphatic heterocycles. The minimum Gasteiger partial charge on any atom is -0.368 e. The second-order valence-electron chi connectivity index (χ2n) is 11.2. The van der Waals surface area contributed by atoms with E-state index in [0.29, 0.717) is 18.3 Å². The highest BCUT2D eigenvalue weighted by molar-refractivity contribution is 6.30. The monoisotopic (exact) mass is 521 g/mol. The Kier molecular flexibility index (Phi) is 7.54. The zero-order valence-corrected chi connectivity index (χ0v) is 22.7. The van der Waals surface area contributed by atoms with Gasteiger partial charge in [-0.05, 0) is 48.6 Å². The minimum absolute atomic E-state index is 0.0128. The van der Waals surface area contributed by atoms with Crippen LogP contribution >= 0.6 is 11.6 Å². The van der Waals surface area contributed by atoms with Crippen LogP contribution in [0.25, 0.3) is 11.4 Å². The van der Waals surface area contributed by atoms with Gasteiger partial charge >= 0.3 is 0 Å². The van der Waals surface area contributed by atoms with Crippen molar-refractivity contribution in [1.82, 2.24) is 19.9 Å². The molecule has 2 aromatic carbocycles. The molecule has 0 N–H and O–H groups in total. The van der Waals surface area contributed by atoms with Gasteiger partial charge in [0.1, 0.15) is 0 Å². The second kappa shape index (κ2) is 10.8. The molecule has 0 radical (unpaired) electrons. The van der Waals surface area contributed by atoms with Crippen LogP contribution in [0.3, 0.4) is 0 Å². The number of nitrogens with zero attached hydrogens (tertiary/aromatic N) is 5. The van der Waals surface area contributed by atoms with E-state index in [2.05, 4.69) is 71.0 Å². The number of carbonyl (C=O) groups is 1. The Morgan fingerprint density at radius 3 is 2.51 bits per heavy atom. The summed E-state index contributed by atoms with van der Waals surface area (Å²) >= 11 is 6.16. The molecule has 2 aliphatic rings. The predicted octanol–water partition coefficient (Wildman–Crippen LogP) is 5.25. The van der Waals surface area contributed by atoms with Crippen molar-refractivity contribution in [1.29, 1.82) is 0 Å². The maximum absolute atomic E-state index is 13.3. The zero-order valence-electron chi connectivity index (χ0n) is 22.0. The Bertz CT molecular complexity index is 1210. The summed E-state index contributed by atoms with van der Waals surface area (Å²) in [5.41, 5.74) is 3.45. The summed E-state index contributed by atoms with van der Waals surface area (Å²) in [4.78, 5) is 24.6. The number of halogens is 1. The van der Waals surface area contributed by atoms with Crippen LogP contribution in [0.2, 0.25) is 5.02 Å². The summed E-state index contributed by atoms with van der Waals surface area (Å²) in [6.45, 7) is 12.0. The number of aromatic nitrogens is 2. The van der Waals surface area contributed by atoms with E-state index in [-0.39, 0.29) is 17.2 Å². The van der Waals surface area contributed by atoms with Crippen LogP contribution in [-0.4, -0.2) is 65.1 Å². The summed E-state index contributed by atoms with van der Waals surface area (Å²) in [6, 6.07) is 16.3. The van der Waals surface area contributed by atoms with Gasteiger partial charge in [0.25, 0.3) is 0 Å². The molecule has 2 saturated heterocycles. The van der Waals surface area contributed by atoms with Crippen LogP contribution in [0.1, 0.15) is 45.1 Å². The third kappa shape index (κ3) is 6.16. The van der Waals surface area contributed by atoms with E-state index in [1.807, 2.05) is 23.1 Å². The molecule has 1 unspecified atom stereocenters. The van der Waals surface area contributed by atoms with Crippen molar-refractivity contribution >= 4 is 23.2 Å². The predicted molar refractivity (Wildman–Crippen MR) is 147 cm³/mol. The number of likely N-dealkylation sites (tertiary alicyclic amines) is 1.